The molecule has 3 aromatic heterocycles. The summed E-state index contributed by atoms with van der Waals surface area (Å²) < 4.78 is 8.61. The topological polar surface area (TPSA) is 135 Å². The van der Waals surface area contributed by atoms with E-state index in [4.69, 9.17) is 14.5 Å². The standard InChI is InChI=1S/C14H14BrN3O.C13H19N3.CH3NO/c15-13-11-6-10(7-16)19-12(11)8-17-14(13)18-9-4-2-1-3-5-9;1-2-10(13-14-5-7-16(13)6-1)11-8-9-3-4-12(11)15-9;2-1-3/h6,8-9H,1-5H2,(H,17,18);5,7,9-12,15H,1-4,6,8H2;1H,(H2,2,3). The number of pyridine rings is 1. The zero-order valence-corrected chi connectivity index (χ0v) is 23.2. The highest BCUT2D eigenvalue weighted by atomic mass is 79.9. The Labute approximate surface area is 231 Å². The molecule has 2 saturated heterocycles. The molecule has 4 unspecified atom stereocenters. The van der Waals surface area contributed by atoms with Crippen LogP contribution in [0.2, 0.25) is 0 Å². The molecule has 4 N–H and O–H groups in total. The van der Waals surface area contributed by atoms with E-state index in [2.05, 4.69) is 53.0 Å². The minimum absolute atomic E-state index is 0.250. The molecule has 0 spiro atoms. The van der Waals surface area contributed by atoms with Crippen LogP contribution in [0.15, 0.2) is 33.5 Å². The van der Waals surface area contributed by atoms with Gasteiger partial charge in [-0.3, -0.25) is 4.79 Å². The second kappa shape index (κ2) is 12.3. The highest BCUT2D eigenvalue weighted by molar-refractivity contribution is 9.10. The number of carbonyl (C=O) groups is 1. The number of nitrogens with zero attached hydrogens (tertiary/aromatic N) is 4. The van der Waals surface area contributed by atoms with Crippen molar-refractivity contribution >= 4 is 39.1 Å². The molecule has 4 atom stereocenters. The normalized spacial score (nSPS) is 25.9. The number of nitrogens with one attached hydrogen (secondary N) is 2. The number of primary amides is 1. The van der Waals surface area contributed by atoms with Gasteiger partial charge in [-0.2, -0.15) is 5.26 Å². The molecule has 1 saturated carbocycles. The van der Waals surface area contributed by atoms with Crippen molar-refractivity contribution in [3.63, 3.8) is 0 Å². The average Bonchev–Trinajstić information content (AvgIpc) is 3.75. The first-order chi connectivity index (χ1) is 18.6. The number of aryl methyl sites for hydroxylation is 1. The number of aromatic nitrogens is 3. The minimum Gasteiger partial charge on any atom is -0.444 e. The van der Waals surface area contributed by atoms with Crippen LogP contribution in [-0.2, 0) is 11.3 Å². The van der Waals surface area contributed by atoms with E-state index in [-0.39, 0.29) is 6.41 Å². The summed E-state index contributed by atoms with van der Waals surface area (Å²) in [4.78, 5) is 17.6. The summed E-state index contributed by atoms with van der Waals surface area (Å²) in [5.74, 6) is 4.11. The van der Waals surface area contributed by atoms with Crippen LogP contribution in [-0.4, -0.2) is 39.1 Å². The monoisotopic (exact) mass is 581 g/mol. The predicted octanol–water partition coefficient (Wildman–Crippen LogP) is 5.21. The lowest BCUT2D eigenvalue weighted by atomic mass is 9.76. The molecule has 38 heavy (non-hydrogen) atoms. The van der Waals surface area contributed by atoms with Crippen molar-refractivity contribution in [3.8, 4) is 6.07 Å². The maximum atomic E-state index is 8.86. The van der Waals surface area contributed by atoms with Crippen molar-refractivity contribution in [2.45, 2.75) is 94.8 Å². The summed E-state index contributed by atoms with van der Waals surface area (Å²) in [5, 5.41) is 17.0. The first-order valence-electron chi connectivity index (χ1n) is 13.8. The maximum absolute atomic E-state index is 8.86. The lowest BCUT2D eigenvalue weighted by Gasteiger charge is -2.32. The number of nitriles is 1. The van der Waals surface area contributed by atoms with Gasteiger partial charge in [-0.25, -0.2) is 9.97 Å². The molecule has 202 valence electrons. The second-order valence-corrected chi connectivity index (χ2v) is 11.5. The molecule has 1 amide bonds. The average molecular weight is 583 g/mol. The van der Waals surface area contributed by atoms with Gasteiger partial charge in [-0.05, 0) is 66.8 Å². The van der Waals surface area contributed by atoms with Crippen molar-refractivity contribution in [1.29, 1.82) is 5.26 Å². The summed E-state index contributed by atoms with van der Waals surface area (Å²) in [7, 11) is 0. The SMILES string of the molecule is N#Cc1cc2c(Br)c(NC3CCCCC3)ncc2o1.NC=O.c1cn2c(n1)C(C1CC3CCC1N3)CCC2. The molecule has 6 heterocycles. The molecule has 0 aromatic carbocycles. The second-order valence-electron chi connectivity index (χ2n) is 10.7. The smallest absolute Gasteiger partial charge is 0.204 e. The number of nitrogens with two attached hydrogens (primary N) is 1. The predicted molar refractivity (Wildman–Crippen MR) is 149 cm³/mol. The molecular weight excluding hydrogens is 546 g/mol. The van der Waals surface area contributed by atoms with Gasteiger partial charge in [0.25, 0.3) is 0 Å². The molecule has 7 rings (SSSR count). The molecule has 9 nitrogen and oxygen atoms in total. The highest BCUT2D eigenvalue weighted by Crippen LogP contribution is 2.44. The Morgan fingerprint density at radius 1 is 1.18 bits per heavy atom. The van der Waals surface area contributed by atoms with Crippen molar-refractivity contribution in [2.75, 3.05) is 5.32 Å². The Morgan fingerprint density at radius 2 is 2.00 bits per heavy atom. The van der Waals surface area contributed by atoms with Crippen LogP contribution in [0.1, 0.15) is 81.7 Å². The summed E-state index contributed by atoms with van der Waals surface area (Å²) in [6, 6.07) is 5.86. The number of carbonyl (C=O) groups excluding carboxylic acids is 1. The number of halogens is 1. The van der Waals surface area contributed by atoms with E-state index < -0.39 is 0 Å². The third-order valence-corrected chi connectivity index (χ3v) is 9.23. The number of furan rings is 1. The van der Waals surface area contributed by atoms with Crippen LogP contribution in [0.5, 0.6) is 0 Å². The van der Waals surface area contributed by atoms with Crippen molar-refractivity contribution in [1.82, 2.24) is 19.9 Å². The molecule has 0 radical (unpaired) electrons. The zero-order chi connectivity index (χ0) is 26.5. The number of amides is 1. The van der Waals surface area contributed by atoms with Crippen LogP contribution >= 0.6 is 15.9 Å². The number of imidazole rings is 1. The molecule has 3 aliphatic heterocycles. The quantitative estimate of drug-likeness (QED) is 0.361. The lowest BCUT2D eigenvalue weighted by molar-refractivity contribution is -0.106. The van der Waals surface area contributed by atoms with Crippen LogP contribution in [0.3, 0.4) is 0 Å². The zero-order valence-electron chi connectivity index (χ0n) is 21.6. The maximum Gasteiger partial charge on any atom is 0.204 e. The minimum atomic E-state index is 0.250. The fraction of sp³-hybridized carbons (Fsp3) is 0.571. The third-order valence-electron chi connectivity index (χ3n) is 8.43. The number of fused-ring (bicyclic) bond motifs is 4. The molecule has 4 aliphatic rings. The molecule has 3 aromatic rings. The summed E-state index contributed by atoms with van der Waals surface area (Å²) >= 11 is 3.56. The number of anilines is 1. The largest absolute Gasteiger partial charge is 0.444 e. The number of rotatable bonds is 3. The van der Waals surface area contributed by atoms with E-state index in [1.54, 1.807) is 12.3 Å². The van der Waals surface area contributed by atoms with Gasteiger partial charge < -0.3 is 25.4 Å². The van der Waals surface area contributed by atoms with Crippen molar-refractivity contribution < 1.29 is 9.21 Å². The molecule has 3 fully saturated rings. The van der Waals surface area contributed by atoms with Crippen LogP contribution in [0, 0.1) is 17.2 Å². The van der Waals surface area contributed by atoms with Crippen LogP contribution in [0.4, 0.5) is 5.82 Å². The third kappa shape index (κ3) is 5.74. The van der Waals surface area contributed by atoms with E-state index in [9.17, 15) is 0 Å². The van der Waals surface area contributed by atoms with Gasteiger partial charge in [-0.1, -0.05) is 19.3 Å². The summed E-state index contributed by atoms with van der Waals surface area (Å²) in [6.45, 7) is 1.18. The Bertz CT molecular complexity index is 1280. The molecule has 2 bridgehead atoms. The number of hydrogen-bond donors (Lipinski definition) is 3. The summed E-state index contributed by atoms with van der Waals surface area (Å²) in [5.41, 5.74) is 4.80. The van der Waals surface area contributed by atoms with E-state index >= 15 is 0 Å². The van der Waals surface area contributed by atoms with E-state index in [1.807, 2.05) is 12.3 Å². The van der Waals surface area contributed by atoms with Crippen LogP contribution in [0.25, 0.3) is 11.0 Å². The first kappa shape index (κ1) is 26.7. The highest BCUT2D eigenvalue weighted by Gasteiger charge is 2.44. The van der Waals surface area contributed by atoms with Gasteiger partial charge >= 0.3 is 0 Å². The molecular formula is C28H36BrN7O2. The van der Waals surface area contributed by atoms with Gasteiger partial charge in [0.2, 0.25) is 12.2 Å². The lowest BCUT2D eigenvalue weighted by Crippen LogP contribution is -2.31. The van der Waals surface area contributed by atoms with Gasteiger partial charge in [-0.15, -0.1) is 0 Å². The molecule has 1 aliphatic carbocycles. The Hall–Kier alpha value is -2.90. The Kier molecular flexibility index (Phi) is 8.65. The van der Waals surface area contributed by atoms with E-state index in [1.165, 1.54) is 76.6 Å². The Balaban J connectivity index is 0.000000142. The Morgan fingerprint density at radius 3 is 2.71 bits per heavy atom. The van der Waals surface area contributed by atoms with E-state index in [0.29, 0.717) is 17.4 Å². The van der Waals surface area contributed by atoms with Gasteiger partial charge in [0.05, 0.1) is 10.7 Å². The van der Waals surface area contributed by atoms with Gasteiger partial charge in [0.1, 0.15) is 17.7 Å². The van der Waals surface area contributed by atoms with Gasteiger partial charge in [0, 0.05) is 54.4 Å². The summed E-state index contributed by atoms with van der Waals surface area (Å²) in [6.07, 6.45) is 19.2. The first-order valence-corrected chi connectivity index (χ1v) is 14.6. The fourth-order valence-corrected chi connectivity index (χ4v) is 7.27. The van der Waals surface area contributed by atoms with Crippen molar-refractivity contribution in [2.24, 2.45) is 11.7 Å². The van der Waals surface area contributed by atoms with Crippen molar-refractivity contribution in [3.05, 3.63) is 40.7 Å². The van der Waals surface area contributed by atoms with Crippen LogP contribution < -0.4 is 16.4 Å². The van der Waals surface area contributed by atoms with Gasteiger partial charge in [0.15, 0.2) is 5.58 Å². The van der Waals surface area contributed by atoms with E-state index in [0.717, 1.165) is 39.6 Å². The number of hydrogen-bond acceptors (Lipinski definition) is 7. The molecule has 10 heteroatoms. The fourth-order valence-electron chi connectivity index (χ4n) is 6.74.